The quantitative estimate of drug-likeness (QED) is 0.723. The zero-order valence-corrected chi connectivity index (χ0v) is 17.9. The normalized spacial score (nSPS) is 23.6. The average Bonchev–Trinajstić information content (AvgIpc) is 3.47. The van der Waals surface area contributed by atoms with Crippen molar-refractivity contribution < 1.29 is 14.0 Å². The number of carbonyl (C=O) groups excluding carboxylic acids is 2. The molecule has 2 heterocycles. The molecule has 0 bridgehead atoms. The Kier molecular flexibility index (Phi) is 4.85. The van der Waals surface area contributed by atoms with Gasteiger partial charge in [0.1, 0.15) is 5.82 Å². The summed E-state index contributed by atoms with van der Waals surface area (Å²) < 4.78 is 13.4. The van der Waals surface area contributed by atoms with Gasteiger partial charge in [-0.25, -0.2) is 4.39 Å². The van der Waals surface area contributed by atoms with E-state index in [4.69, 9.17) is 0 Å². The number of benzene rings is 2. The summed E-state index contributed by atoms with van der Waals surface area (Å²) in [5, 5.41) is 0. The Labute approximate surface area is 180 Å². The van der Waals surface area contributed by atoms with E-state index >= 15 is 0 Å². The molecule has 1 atom stereocenters. The number of thioether (sulfide) groups is 1. The van der Waals surface area contributed by atoms with E-state index in [1.807, 2.05) is 24.0 Å². The van der Waals surface area contributed by atoms with Crippen LogP contribution in [0.15, 0.2) is 42.5 Å². The number of hydrogen-bond acceptors (Lipinski definition) is 3. The number of amides is 2. The second-order valence-corrected chi connectivity index (χ2v) is 9.79. The van der Waals surface area contributed by atoms with E-state index in [1.165, 1.54) is 12.1 Å². The highest BCUT2D eigenvalue weighted by molar-refractivity contribution is 8.01. The first-order chi connectivity index (χ1) is 14.5. The van der Waals surface area contributed by atoms with Crippen LogP contribution in [0.2, 0.25) is 0 Å². The van der Waals surface area contributed by atoms with Crippen LogP contribution in [0.5, 0.6) is 0 Å². The van der Waals surface area contributed by atoms with Gasteiger partial charge < -0.3 is 9.80 Å². The van der Waals surface area contributed by atoms with Gasteiger partial charge in [-0.1, -0.05) is 42.7 Å². The minimum Gasteiger partial charge on any atom is -0.315 e. The van der Waals surface area contributed by atoms with Gasteiger partial charge in [0.2, 0.25) is 5.91 Å². The number of fused-ring (bicyclic) bond motifs is 2. The van der Waals surface area contributed by atoms with Crippen LogP contribution < -0.4 is 4.90 Å². The third kappa shape index (κ3) is 2.96. The van der Waals surface area contributed by atoms with Crippen molar-refractivity contribution in [3.05, 3.63) is 65.0 Å². The summed E-state index contributed by atoms with van der Waals surface area (Å²) in [4.78, 5) is 30.0. The Morgan fingerprint density at radius 1 is 1.17 bits per heavy atom. The fraction of sp³-hybridized carbons (Fsp3) is 0.417. The second kappa shape index (κ2) is 7.41. The smallest absolute Gasteiger partial charge is 0.268 e. The minimum absolute atomic E-state index is 0.0350. The molecular formula is C24H25FN2O2S. The lowest BCUT2D eigenvalue weighted by molar-refractivity contribution is -0.143. The van der Waals surface area contributed by atoms with Crippen LogP contribution in [0.25, 0.3) is 0 Å². The lowest BCUT2D eigenvalue weighted by atomic mass is 10.00. The Balaban J connectivity index is 1.56. The van der Waals surface area contributed by atoms with Crippen LogP contribution in [-0.2, 0) is 21.0 Å². The maximum Gasteiger partial charge on any atom is 0.268 e. The first-order valence-corrected chi connectivity index (χ1v) is 11.6. The summed E-state index contributed by atoms with van der Waals surface area (Å²) in [5.74, 6) is 0.566. The Morgan fingerprint density at radius 3 is 2.63 bits per heavy atom. The number of aryl methyl sites for hydroxylation is 1. The molecule has 30 heavy (non-hydrogen) atoms. The van der Waals surface area contributed by atoms with Crippen molar-refractivity contribution in [1.29, 1.82) is 0 Å². The Bertz CT molecular complexity index is 1000. The van der Waals surface area contributed by atoms with Gasteiger partial charge in [-0.3, -0.25) is 9.59 Å². The number of halogens is 1. The van der Waals surface area contributed by atoms with Crippen molar-refractivity contribution in [3.8, 4) is 0 Å². The van der Waals surface area contributed by atoms with Crippen molar-refractivity contribution >= 4 is 29.3 Å². The lowest BCUT2D eigenvalue weighted by Crippen LogP contribution is -2.51. The van der Waals surface area contributed by atoms with Crippen molar-refractivity contribution in [2.45, 2.75) is 44.0 Å². The number of carbonyl (C=O) groups is 2. The van der Waals surface area contributed by atoms with Gasteiger partial charge in [-0.15, -0.1) is 11.8 Å². The molecule has 2 aromatic carbocycles. The standard InChI is InChI=1S/C24H25FN2O2S/c1-16-6-11-21-20(14-16)24(23(29)26(21)15-17-7-9-19(25)10-8-17)27(12-13-30-24)22(28)18-4-2-3-5-18/h6-11,14,18H,2-5,12-13,15H2,1H3. The van der Waals surface area contributed by atoms with Gasteiger partial charge in [0, 0.05) is 23.8 Å². The van der Waals surface area contributed by atoms with Gasteiger partial charge in [0.05, 0.1) is 12.2 Å². The topological polar surface area (TPSA) is 40.6 Å². The maximum atomic E-state index is 13.9. The molecule has 156 valence electrons. The summed E-state index contributed by atoms with van der Waals surface area (Å²) in [6, 6.07) is 12.3. The summed E-state index contributed by atoms with van der Waals surface area (Å²) in [6.07, 6.45) is 4.02. The maximum absolute atomic E-state index is 13.9. The van der Waals surface area contributed by atoms with Crippen LogP contribution in [0.4, 0.5) is 10.1 Å². The van der Waals surface area contributed by atoms with Gasteiger partial charge in [-0.2, -0.15) is 0 Å². The van der Waals surface area contributed by atoms with Crippen LogP contribution in [0.3, 0.4) is 0 Å². The molecule has 3 aliphatic rings. The molecule has 1 saturated carbocycles. The van der Waals surface area contributed by atoms with Gasteiger partial charge in [-0.05, 0) is 43.5 Å². The fourth-order valence-corrected chi connectivity index (χ4v) is 6.53. The summed E-state index contributed by atoms with van der Waals surface area (Å²) in [5.41, 5.74) is 3.72. The molecule has 2 amide bonds. The highest BCUT2D eigenvalue weighted by Gasteiger charge is 2.59. The van der Waals surface area contributed by atoms with Crippen LogP contribution in [0, 0.1) is 18.7 Å². The van der Waals surface area contributed by atoms with Crippen LogP contribution in [-0.4, -0.2) is 29.0 Å². The number of nitrogens with zero attached hydrogens (tertiary/aromatic N) is 2. The van der Waals surface area contributed by atoms with Gasteiger partial charge >= 0.3 is 0 Å². The highest BCUT2D eigenvalue weighted by atomic mass is 32.2. The van der Waals surface area contributed by atoms with E-state index in [-0.39, 0.29) is 23.5 Å². The molecule has 0 radical (unpaired) electrons. The van der Waals surface area contributed by atoms with E-state index in [1.54, 1.807) is 28.8 Å². The minimum atomic E-state index is -0.971. The SMILES string of the molecule is Cc1ccc2c(c1)C1(SCCN1C(=O)C1CCCC1)C(=O)N2Cc1ccc(F)cc1. The van der Waals surface area contributed by atoms with E-state index in [9.17, 15) is 14.0 Å². The first-order valence-electron chi connectivity index (χ1n) is 10.6. The second-order valence-electron chi connectivity index (χ2n) is 8.50. The lowest BCUT2D eigenvalue weighted by Gasteiger charge is -2.35. The molecule has 0 N–H and O–H groups in total. The molecule has 2 aliphatic heterocycles. The molecule has 1 unspecified atom stereocenters. The molecule has 5 rings (SSSR count). The fourth-order valence-electron chi connectivity index (χ4n) is 5.07. The third-order valence-corrected chi connectivity index (χ3v) is 7.99. The van der Waals surface area contributed by atoms with E-state index in [0.717, 1.165) is 53.8 Å². The van der Waals surface area contributed by atoms with E-state index < -0.39 is 4.87 Å². The van der Waals surface area contributed by atoms with Gasteiger partial charge in [0.15, 0.2) is 4.87 Å². The zero-order chi connectivity index (χ0) is 20.9. The molecule has 1 aliphatic carbocycles. The van der Waals surface area contributed by atoms with E-state index in [2.05, 4.69) is 6.07 Å². The summed E-state index contributed by atoms with van der Waals surface area (Å²) in [7, 11) is 0. The number of anilines is 1. The van der Waals surface area contributed by atoms with Gasteiger partial charge in [0.25, 0.3) is 5.91 Å². The van der Waals surface area contributed by atoms with Crippen molar-refractivity contribution in [2.75, 3.05) is 17.2 Å². The molecular weight excluding hydrogens is 399 g/mol. The summed E-state index contributed by atoms with van der Waals surface area (Å²) in [6.45, 7) is 2.98. The number of rotatable bonds is 3. The monoisotopic (exact) mass is 424 g/mol. The van der Waals surface area contributed by atoms with Crippen molar-refractivity contribution in [3.63, 3.8) is 0 Å². The first kappa shape index (κ1) is 19.6. The zero-order valence-electron chi connectivity index (χ0n) is 17.1. The molecule has 1 spiro atoms. The number of hydrogen-bond donors (Lipinski definition) is 0. The predicted octanol–water partition coefficient (Wildman–Crippen LogP) is 4.60. The molecule has 1 saturated heterocycles. The molecule has 0 aromatic heterocycles. The Morgan fingerprint density at radius 2 is 1.90 bits per heavy atom. The van der Waals surface area contributed by atoms with Crippen LogP contribution >= 0.6 is 11.8 Å². The predicted molar refractivity (Wildman–Crippen MR) is 117 cm³/mol. The molecule has 2 aromatic rings. The largest absolute Gasteiger partial charge is 0.315 e. The van der Waals surface area contributed by atoms with Crippen molar-refractivity contribution in [1.82, 2.24) is 4.90 Å². The van der Waals surface area contributed by atoms with Crippen molar-refractivity contribution in [2.24, 2.45) is 5.92 Å². The Hall–Kier alpha value is -2.34. The van der Waals surface area contributed by atoms with E-state index in [0.29, 0.717) is 13.1 Å². The summed E-state index contributed by atoms with van der Waals surface area (Å²) >= 11 is 1.58. The van der Waals surface area contributed by atoms with Crippen LogP contribution in [0.1, 0.15) is 42.4 Å². The molecule has 2 fully saturated rings. The average molecular weight is 425 g/mol. The third-order valence-electron chi connectivity index (χ3n) is 6.57. The highest BCUT2D eigenvalue weighted by Crippen LogP contribution is 2.55. The molecule has 4 nitrogen and oxygen atoms in total. The molecule has 6 heteroatoms.